The topological polar surface area (TPSA) is 34.1 Å². The summed E-state index contributed by atoms with van der Waals surface area (Å²) in [6, 6.07) is 22.8. The van der Waals surface area contributed by atoms with Crippen molar-refractivity contribution in [2.75, 3.05) is 12.4 Å². The second kappa shape index (κ2) is 7.64. The van der Waals surface area contributed by atoms with Gasteiger partial charge in [-0.3, -0.25) is 4.98 Å². The van der Waals surface area contributed by atoms with Crippen LogP contribution in [0.15, 0.2) is 72.9 Å². The number of pyridine rings is 1. The van der Waals surface area contributed by atoms with Crippen molar-refractivity contribution in [2.45, 2.75) is 19.4 Å². The van der Waals surface area contributed by atoms with Crippen molar-refractivity contribution in [1.82, 2.24) is 4.98 Å². The Labute approximate surface area is 143 Å². The van der Waals surface area contributed by atoms with Gasteiger partial charge in [0, 0.05) is 23.9 Å². The van der Waals surface area contributed by atoms with E-state index in [1.165, 1.54) is 11.1 Å². The Hall–Kier alpha value is -2.81. The summed E-state index contributed by atoms with van der Waals surface area (Å²) in [4.78, 5) is 4.41. The summed E-state index contributed by atoms with van der Waals surface area (Å²) in [5.74, 6) is 0.912. The number of hydrogen-bond acceptors (Lipinski definition) is 3. The summed E-state index contributed by atoms with van der Waals surface area (Å²) in [7, 11) is 1.72. The van der Waals surface area contributed by atoms with Crippen LogP contribution in [0.1, 0.15) is 29.8 Å². The highest BCUT2D eigenvalue weighted by atomic mass is 16.5. The molecule has 1 unspecified atom stereocenters. The maximum Gasteiger partial charge on any atom is 0.122 e. The lowest BCUT2D eigenvalue weighted by Gasteiger charge is -2.17. The van der Waals surface area contributed by atoms with Gasteiger partial charge >= 0.3 is 0 Å². The maximum absolute atomic E-state index is 5.52. The van der Waals surface area contributed by atoms with Crippen LogP contribution in [-0.4, -0.2) is 12.1 Å². The number of benzene rings is 2. The largest absolute Gasteiger partial charge is 0.496 e. The smallest absolute Gasteiger partial charge is 0.122 e. The van der Waals surface area contributed by atoms with Gasteiger partial charge in [0.2, 0.25) is 0 Å². The Morgan fingerprint density at radius 3 is 2.50 bits per heavy atom. The van der Waals surface area contributed by atoms with Crippen molar-refractivity contribution in [3.63, 3.8) is 0 Å². The van der Waals surface area contributed by atoms with Crippen LogP contribution in [0, 0.1) is 0 Å². The summed E-state index contributed by atoms with van der Waals surface area (Å²) < 4.78 is 5.52. The Balaban J connectivity index is 1.81. The molecule has 1 atom stereocenters. The predicted molar refractivity (Wildman–Crippen MR) is 98.5 cm³/mol. The van der Waals surface area contributed by atoms with Gasteiger partial charge in [0.05, 0.1) is 18.8 Å². The third-order valence-corrected chi connectivity index (χ3v) is 4.03. The van der Waals surface area contributed by atoms with E-state index in [9.17, 15) is 0 Å². The monoisotopic (exact) mass is 318 g/mol. The van der Waals surface area contributed by atoms with E-state index in [4.69, 9.17) is 4.74 Å². The molecule has 122 valence electrons. The number of rotatable bonds is 6. The lowest BCUT2D eigenvalue weighted by molar-refractivity contribution is 0.410. The molecule has 0 fully saturated rings. The average Bonchev–Trinajstić information content (AvgIpc) is 2.63. The van der Waals surface area contributed by atoms with Gasteiger partial charge in [-0.15, -0.1) is 0 Å². The highest BCUT2D eigenvalue weighted by Crippen LogP contribution is 2.27. The van der Waals surface area contributed by atoms with Crippen molar-refractivity contribution < 1.29 is 4.74 Å². The van der Waals surface area contributed by atoms with Gasteiger partial charge in [0.25, 0.3) is 0 Å². The number of ether oxygens (including phenoxy) is 1. The minimum atomic E-state index is 0.143. The van der Waals surface area contributed by atoms with Gasteiger partial charge in [0.1, 0.15) is 5.75 Å². The molecule has 3 aromatic rings. The Bertz CT molecular complexity index is 772. The second-order valence-corrected chi connectivity index (χ2v) is 5.81. The van der Waals surface area contributed by atoms with Gasteiger partial charge in [-0.25, -0.2) is 0 Å². The van der Waals surface area contributed by atoms with E-state index in [2.05, 4.69) is 47.6 Å². The van der Waals surface area contributed by atoms with E-state index < -0.39 is 0 Å². The van der Waals surface area contributed by atoms with Crippen LogP contribution < -0.4 is 10.1 Å². The van der Waals surface area contributed by atoms with E-state index in [1.54, 1.807) is 7.11 Å². The zero-order valence-corrected chi connectivity index (χ0v) is 14.1. The van der Waals surface area contributed by atoms with E-state index in [0.717, 1.165) is 23.6 Å². The van der Waals surface area contributed by atoms with E-state index >= 15 is 0 Å². The van der Waals surface area contributed by atoms with Crippen molar-refractivity contribution in [3.05, 3.63) is 89.7 Å². The molecule has 0 aliphatic heterocycles. The minimum absolute atomic E-state index is 0.143. The minimum Gasteiger partial charge on any atom is -0.496 e. The molecule has 0 radical (unpaired) electrons. The molecule has 3 nitrogen and oxygen atoms in total. The summed E-state index contributed by atoms with van der Waals surface area (Å²) >= 11 is 0. The molecule has 0 amide bonds. The van der Waals surface area contributed by atoms with E-state index in [0.29, 0.717) is 0 Å². The van der Waals surface area contributed by atoms with Crippen molar-refractivity contribution in [2.24, 2.45) is 0 Å². The first-order valence-electron chi connectivity index (χ1n) is 8.14. The summed E-state index contributed by atoms with van der Waals surface area (Å²) in [6.07, 6.45) is 2.67. The van der Waals surface area contributed by atoms with Crippen LogP contribution in [0.5, 0.6) is 5.75 Å². The molecule has 0 aliphatic rings. The van der Waals surface area contributed by atoms with E-state index in [-0.39, 0.29) is 6.04 Å². The zero-order chi connectivity index (χ0) is 16.8. The number of nitrogens with one attached hydrogen (secondary N) is 1. The molecule has 1 aromatic heterocycles. The maximum atomic E-state index is 5.52. The molecular formula is C21H22N2O. The molecule has 0 saturated carbocycles. The molecule has 0 bridgehead atoms. The molecule has 3 heteroatoms. The Morgan fingerprint density at radius 2 is 1.79 bits per heavy atom. The Kier molecular flexibility index (Phi) is 5.12. The fraction of sp³-hybridized carbons (Fsp3) is 0.190. The normalized spacial score (nSPS) is 11.8. The fourth-order valence-corrected chi connectivity index (χ4v) is 2.78. The first-order chi connectivity index (χ1) is 11.8. The second-order valence-electron chi connectivity index (χ2n) is 5.81. The molecule has 1 heterocycles. The molecule has 0 saturated heterocycles. The average molecular weight is 318 g/mol. The van der Waals surface area contributed by atoms with Crippen LogP contribution in [0.3, 0.4) is 0 Å². The number of hydrogen-bond donors (Lipinski definition) is 1. The molecule has 1 N–H and O–H groups in total. The van der Waals surface area contributed by atoms with Crippen molar-refractivity contribution in [3.8, 4) is 5.75 Å². The van der Waals surface area contributed by atoms with Crippen molar-refractivity contribution >= 4 is 5.69 Å². The van der Waals surface area contributed by atoms with Crippen LogP contribution >= 0.6 is 0 Å². The first kappa shape index (κ1) is 16.1. The number of aromatic nitrogens is 1. The van der Waals surface area contributed by atoms with Crippen LogP contribution in [0.25, 0.3) is 0 Å². The van der Waals surface area contributed by atoms with E-state index in [1.807, 2.05) is 42.6 Å². The van der Waals surface area contributed by atoms with Gasteiger partial charge in [-0.1, -0.05) is 36.4 Å². The van der Waals surface area contributed by atoms with Gasteiger partial charge in [0.15, 0.2) is 0 Å². The quantitative estimate of drug-likeness (QED) is 0.705. The van der Waals surface area contributed by atoms with Gasteiger partial charge in [-0.05, 0) is 42.8 Å². The fourth-order valence-electron chi connectivity index (χ4n) is 2.78. The number of nitrogens with zero attached hydrogens (tertiary/aromatic N) is 1. The summed E-state index contributed by atoms with van der Waals surface area (Å²) in [5, 5.41) is 3.52. The Morgan fingerprint density at radius 1 is 1.00 bits per heavy atom. The molecule has 0 spiro atoms. The van der Waals surface area contributed by atoms with Crippen LogP contribution in [-0.2, 0) is 6.42 Å². The molecule has 0 aliphatic carbocycles. The van der Waals surface area contributed by atoms with Crippen molar-refractivity contribution in [1.29, 1.82) is 0 Å². The third-order valence-electron chi connectivity index (χ3n) is 4.03. The zero-order valence-electron chi connectivity index (χ0n) is 14.1. The molecule has 24 heavy (non-hydrogen) atoms. The standard InChI is InChI=1S/C21H22N2O/c1-16(20-10-6-7-13-22-20)23-19-11-12-21(24-2)18(15-19)14-17-8-4-3-5-9-17/h3-13,15-16,23H,14H2,1-2H3. The highest BCUT2D eigenvalue weighted by molar-refractivity contribution is 5.53. The first-order valence-corrected chi connectivity index (χ1v) is 8.14. The number of anilines is 1. The van der Waals surface area contributed by atoms with Gasteiger partial charge in [-0.2, -0.15) is 0 Å². The molecule has 3 rings (SSSR count). The van der Waals surface area contributed by atoms with Crippen LogP contribution in [0.2, 0.25) is 0 Å². The lowest BCUT2D eigenvalue weighted by Crippen LogP contribution is -2.08. The van der Waals surface area contributed by atoms with Crippen LogP contribution in [0.4, 0.5) is 5.69 Å². The summed E-state index contributed by atoms with van der Waals surface area (Å²) in [6.45, 7) is 2.11. The summed E-state index contributed by atoms with van der Waals surface area (Å²) in [5.41, 5.74) is 4.53. The SMILES string of the molecule is COc1ccc(NC(C)c2ccccn2)cc1Cc1ccccc1. The third kappa shape index (κ3) is 3.93. The van der Waals surface area contributed by atoms with Gasteiger partial charge < -0.3 is 10.1 Å². The lowest BCUT2D eigenvalue weighted by atomic mass is 10.0. The number of methoxy groups -OCH3 is 1. The molecular weight excluding hydrogens is 296 g/mol. The molecule has 2 aromatic carbocycles. The highest BCUT2D eigenvalue weighted by Gasteiger charge is 2.09. The predicted octanol–water partition coefficient (Wildman–Crippen LogP) is 4.85.